The van der Waals surface area contributed by atoms with Crippen LogP contribution in [0.1, 0.15) is 10.4 Å². The lowest BCUT2D eigenvalue weighted by atomic mass is 10.1. The molecule has 0 aliphatic heterocycles. The number of amides is 1. The molecule has 0 saturated carbocycles. The molecular formula is C17H13ClN4O2. The summed E-state index contributed by atoms with van der Waals surface area (Å²) in [6.45, 7) is 0. The van der Waals surface area contributed by atoms with Crippen molar-refractivity contribution in [3.8, 4) is 11.3 Å². The quantitative estimate of drug-likeness (QED) is 0.744. The summed E-state index contributed by atoms with van der Waals surface area (Å²) in [7, 11) is 1.60. The molecule has 3 rings (SSSR count). The van der Waals surface area contributed by atoms with Crippen LogP contribution >= 0.6 is 11.6 Å². The van der Waals surface area contributed by atoms with Crippen LogP contribution in [0.25, 0.3) is 11.3 Å². The number of carbonyl (C=O) groups excluding carboxylic acids is 1. The number of aromatic nitrogens is 3. The Balaban J connectivity index is 1.76. The largest absolute Gasteiger partial charge is 0.322 e. The molecule has 0 aliphatic rings. The summed E-state index contributed by atoms with van der Waals surface area (Å²) in [5.41, 5.74) is 2.42. The lowest BCUT2D eigenvalue weighted by Gasteiger charge is -2.07. The highest BCUT2D eigenvalue weighted by Crippen LogP contribution is 2.19. The van der Waals surface area contributed by atoms with Crippen molar-refractivity contribution in [3.05, 3.63) is 75.8 Å². The molecule has 0 spiro atoms. The van der Waals surface area contributed by atoms with Gasteiger partial charge in [0.2, 0.25) is 0 Å². The number of nitrogens with one attached hydrogen (secondary N) is 1. The molecule has 0 fully saturated rings. The fraction of sp³-hybridized carbons (Fsp3) is 0.0588. The van der Waals surface area contributed by atoms with Gasteiger partial charge in [-0.2, -0.15) is 5.10 Å². The Labute approximate surface area is 142 Å². The van der Waals surface area contributed by atoms with Crippen molar-refractivity contribution >= 4 is 23.2 Å². The monoisotopic (exact) mass is 340 g/mol. The summed E-state index contributed by atoms with van der Waals surface area (Å²) in [5, 5.41) is 7.30. The Kier molecular flexibility index (Phi) is 4.39. The standard InChI is InChI=1S/C17H13ClN4O2/c1-22-16(23)9-7-14(21-22)11-2-5-13(6-3-11)20-17(24)12-4-8-15(18)19-10-12/h2-10H,1H3,(H,20,24). The summed E-state index contributed by atoms with van der Waals surface area (Å²) < 4.78 is 1.28. The topological polar surface area (TPSA) is 76.9 Å². The van der Waals surface area contributed by atoms with Crippen LogP contribution in [0.2, 0.25) is 5.15 Å². The fourth-order valence-corrected chi connectivity index (χ4v) is 2.21. The van der Waals surface area contributed by atoms with Crippen LogP contribution in [0.4, 0.5) is 5.69 Å². The van der Waals surface area contributed by atoms with Gasteiger partial charge in [0, 0.05) is 30.6 Å². The van der Waals surface area contributed by atoms with E-state index in [4.69, 9.17) is 11.6 Å². The first kappa shape index (κ1) is 15.9. The second-order valence-electron chi connectivity index (χ2n) is 5.08. The lowest BCUT2D eigenvalue weighted by molar-refractivity contribution is 0.102. The van der Waals surface area contributed by atoms with Gasteiger partial charge in [0.05, 0.1) is 11.3 Å². The molecule has 1 aromatic carbocycles. The molecule has 0 unspecified atom stereocenters. The minimum absolute atomic E-state index is 0.167. The van der Waals surface area contributed by atoms with Crippen molar-refractivity contribution in [1.82, 2.24) is 14.8 Å². The molecule has 2 heterocycles. The number of hydrogen-bond donors (Lipinski definition) is 1. The molecule has 0 atom stereocenters. The molecule has 1 N–H and O–H groups in total. The molecular weight excluding hydrogens is 328 g/mol. The number of anilines is 1. The number of nitrogens with zero attached hydrogens (tertiary/aromatic N) is 3. The van der Waals surface area contributed by atoms with Gasteiger partial charge in [-0.3, -0.25) is 9.59 Å². The molecule has 1 amide bonds. The molecule has 6 nitrogen and oxygen atoms in total. The third kappa shape index (κ3) is 3.49. The van der Waals surface area contributed by atoms with Crippen LogP contribution in [-0.2, 0) is 7.05 Å². The van der Waals surface area contributed by atoms with Crippen molar-refractivity contribution in [2.75, 3.05) is 5.32 Å². The van der Waals surface area contributed by atoms with Crippen LogP contribution in [0, 0.1) is 0 Å². The molecule has 0 aliphatic carbocycles. The molecule has 0 bridgehead atoms. The molecule has 24 heavy (non-hydrogen) atoms. The third-order valence-electron chi connectivity index (χ3n) is 3.39. The Bertz CT molecular complexity index is 934. The predicted octanol–water partition coefficient (Wildman–Crippen LogP) is 2.75. The minimum Gasteiger partial charge on any atom is -0.322 e. The summed E-state index contributed by atoms with van der Waals surface area (Å²) in [6.07, 6.45) is 1.42. The second kappa shape index (κ2) is 6.64. The van der Waals surface area contributed by atoms with Gasteiger partial charge in [-0.25, -0.2) is 9.67 Å². The number of rotatable bonds is 3. The zero-order chi connectivity index (χ0) is 17.1. The number of hydrogen-bond acceptors (Lipinski definition) is 4. The van der Waals surface area contributed by atoms with Gasteiger partial charge in [-0.1, -0.05) is 23.7 Å². The van der Waals surface area contributed by atoms with Crippen molar-refractivity contribution in [3.63, 3.8) is 0 Å². The normalized spacial score (nSPS) is 10.4. The number of aryl methyl sites for hydroxylation is 1. The smallest absolute Gasteiger partial charge is 0.266 e. The first-order valence-corrected chi connectivity index (χ1v) is 7.48. The molecule has 0 radical (unpaired) electrons. The zero-order valence-electron chi connectivity index (χ0n) is 12.7. The Morgan fingerprint density at radius 1 is 1.08 bits per heavy atom. The maximum atomic E-state index is 12.1. The van der Waals surface area contributed by atoms with E-state index in [0.717, 1.165) is 5.56 Å². The van der Waals surface area contributed by atoms with Gasteiger partial charge < -0.3 is 5.32 Å². The highest BCUT2D eigenvalue weighted by molar-refractivity contribution is 6.29. The molecule has 2 aromatic heterocycles. The van der Waals surface area contributed by atoms with E-state index in [9.17, 15) is 9.59 Å². The third-order valence-corrected chi connectivity index (χ3v) is 3.61. The Hall–Kier alpha value is -2.99. The van der Waals surface area contributed by atoms with E-state index in [1.807, 2.05) is 12.1 Å². The minimum atomic E-state index is -0.271. The van der Waals surface area contributed by atoms with Gasteiger partial charge >= 0.3 is 0 Å². The summed E-state index contributed by atoms with van der Waals surface area (Å²) in [5.74, 6) is -0.271. The van der Waals surface area contributed by atoms with E-state index in [0.29, 0.717) is 22.1 Å². The molecule has 120 valence electrons. The Morgan fingerprint density at radius 3 is 2.46 bits per heavy atom. The lowest BCUT2D eigenvalue weighted by Crippen LogP contribution is -2.18. The van der Waals surface area contributed by atoms with Crippen molar-refractivity contribution in [2.24, 2.45) is 7.05 Å². The van der Waals surface area contributed by atoms with Crippen LogP contribution < -0.4 is 10.9 Å². The van der Waals surface area contributed by atoms with E-state index >= 15 is 0 Å². The zero-order valence-corrected chi connectivity index (χ0v) is 13.5. The number of halogens is 1. The van der Waals surface area contributed by atoms with Gasteiger partial charge in [0.25, 0.3) is 11.5 Å². The van der Waals surface area contributed by atoms with E-state index in [1.54, 1.807) is 37.4 Å². The second-order valence-corrected chi connectivity index (χ2v) is 5.47. The average molecular weight is 341 g/mol. The van der Waals surface area contributed by atoms with Crippen molar-refractivity contribution < 1.29 is 4.79 Å². The van der Waals surface area contributed by atoms with Crippen LogP contribution in [-0.4, -0.2) is 20.7 Å². The number of benzene rings is 1. The maximum Gasteiger partial charge on any atom is 0.266 e. The number of pyridine rings is 1. The van der Waals surface area contributed by atoms with Gasteiger partial charge in [0.15, 0.2) is 0 Å². The van der Waals surface area contributed by atoms with Crippen LogP contribution in [0.3, 0.4) is 0 Å². The summed E-state index contributed by atoms with van der Waals surface area (Å²) >= 11 is 5.70. The van der Waals surface area contributed by atoms with Gasteiger partial charge in [-0.15, -0.1) is 0 Å². The highest BCUT2D eigenvalue weighted by Gasteiger charge is 2.07. The number of carbonyl (C=O) groups is 1. The van der Waals surface area contributed by atoms with Gasteiger partial charge in [0.1, 0.15) is 5.15 Å². The summed E-state index contributed by atoms with van der Waals surface area (Å²) in [4.78, 5) is 27.4. The maximum absolute atomic E-state index is 12.1. The first-order valence-electron chi connectivity index (χ1n) is 7.10. The highest BCUT2D eigenvalue weighted by atomic mass is 35.5. The van der Waals surface area contributed by atoms with Crippen LogP contribution in [0.15, 0.2) is 59.5 Å². The summed E-state index contributed by atoms with van der Waals surface area (Å²) in [6, 6.07) is 13.5. The first-order chi connectivity index (χ1) is 11.5. The SMILES string of the molecule is Cn1nc(-c2ccc(NC(=O)c3ccc(Cl)nc3)cc2)ccc1=O. The predicted molar refractivity (Wildman–Crippen MR) is 92.1 cm³/mol. The van der Waals surface area contributed by atoms with Gasteiger partial charge in [-0.05, 0) is 30.3 Å². The fourth-order valence-electron chi connectivity index (χ4n) is 2.09. The van der Waals surface area contributed by atoms with Crippen molar-refractivity contribution in [2.45, 2.75) is 0 Å². The van der Waals surface area contributed by atoms with E-state index in [1.165, 1.54) is 16.9 Å². The van der Waals surface area contributed by atoms with E-state index in [-0.39, 0.29) is 11.5 Å². The van der Waals surface area contributed by atoms with E-state index < -0.39 is 0 Å². The van der Waals surface area contributed by atoms with Crippen LogP contribution in [0.5, 0.6) is 0 Å². The Morgan fingerprint density at radius 2 is 1.83 bits per heavy atom. The average Bonchev–Trinajstić information content (AvgIpc) is 2.58. The molecule has 7 heteroatoms. The molecule has 0 saturated heterocycles. The van der Waals surface area contributed by atoms with E-state index in [2.05, 4.69) is 15.4 Å². The molecule has 3 aromatic rings. The van der Waals surface area contributed by atoms with Crippen molar-refractivity contribution in [1.29, 1.82) is 0 Å².